The molecule has 1 atom stereocenters. The molecule has 2 aromatic heterocycles. The number of aromatic nitrogens is 2. The van der Waals surface area contributed by atoms with Crippen molar-refractivity contribution in [3.63, 3.8) is 0 Å². The predicted molar refractivity (Wildman–Crippen MR) is 104 cm³/mol. The first kappa shape index (κ1) is 17.0. The number of nitrogens with zero attached hydrogens (tertiary/aromatic N) is 2. The van der Waals surface area contributed by atoms with E-state index in [-0.39, 0.29) is 24.1 Å². The van der Waals surface area contributed by atoms with Crippen LogP contribution in [0.15, 0.2) is 63.8 Å². The number of hydrogen-bond acceptors (Lipinski definition) is 4. The average Bonchev–Trinajstić information content (AvgIpc) is 3.10. The molecule has 27 heavy (non-hydrogen) atoms. The number of para-hydroxylation sites is 1. The molecule has 6 heteroatoms. The Kier molecular flexibility index (Phi) is 4.24. The van der Waals surface area contributed by atoms with Gasteiger partial charge in [0.2, 0.25) is 5.91 Å². The molecule has 0 bridgehead atoms. The molecule has 0 spiro atoms. The number of amides is 1. The molecule has 1 amide bonds. The lowest BCUT2D eigenvalue weighted by Gasteiger charge is -2.13. The van der Waals surface area contributed by atoms with Crippen LogP contribution in [-0.2, 0) is 11.3 Å². The molecule has 0 radical (unpaired) electrons. The molecule has 1 unspecified atom stereocenters. The number of nitrogens with one attached hydrogen (secondary N) is 1. The fourth-order valence-corrected chi connectivity index (χ4v) is 3.22. The van der Waals surface area contributed by atoms with Crippen LogP contribution in [0.5, 0.6) is 0 Å². The molecule has 2 heterocycles. The fourth-order valence-electron chi connectivity index (χ4n) is 3.22. The lowest BCUT2D eigenvalue weighted by Crippen LogP contribution is -2.35. The number of benzene rings is 2. The van der Waals surface area contributed by atoms with E-state index < -0.39 is 0 Å². The molecular weight excluding hydrogens is 342 g/mol. The highest BCUT2D eigenvalue weighted by molar-refractivity contribution is 5.84. The molecule has 1 N–H and O–H groups in total. The quantitative estimate of drug-likeness (QED) is 0.605. The normalized spacial score (nSPS) is 12.4. The van der Waals surface area contributed by atoms with Gasteiger partial charge in [-0.1, -0.05) is 36.4 Å². The van der Waals surface area contributed by atoms with Crippen molar-refractivity contribution in [1.82, 2.24) is 15.1 Å². The zero-order valence-corrected chi connectivity index (χ0v) is 15.1. The molecule has 4 rings (SSSR count). The minimum Gasteiger partial charge on any atom is -0.459 e. The first-order valence-corrected chi connectivity index (χ1v) is 8.77. The van der Waals surface area contributed by atoms with Gasteiger partial charge in [-0.05, 0) is 32.0 Å². The molecule has 0 saturated heterocycles. The van der Waals surface area contributed by atoms with Crippen LogP contribution in [0.2, 0.25) is 0 Å². The van der Waals surface area contributed by atoms with Crippen molar-refractivity contribution in [3.8, 4) is 0 Å². The van der Waals surface area contributed by atoms with Gasteiger partial charge < -0.3 is 9.73 Å². The summed E-state index contributed by atoms with van der Waals surface area (Å²) < 4.78 is 6.99. The van der Waals surface area contributed by atoms with Gasteiger partial charge >= 0.3 is 0 Å². The summed E-state index contributed by atoms with van der Waals surface area (Å²) in [5.74, 6) is 0.367. The van der Waals surface area contributed by atoms with Crippen molar-refractivity contribution < 1.29 is 9.21 Å². The summed E-state index contributed by atoms with van der Waals surface area (Å²) in [6, 6.07) is 16.5. The van der Waals surface area contributed by atoms with E-state index in [0.29, 0.717) is 16.8 Å². The SMILES string of the molecule is Cc1nn(CC(=O)NC(C)c2cc3ccccc3o2)c(=O)c2ccccc12. The first-order valence-electron chi connectivity index (χ1n) is 8.77. The molecule has 0 aliphatic rings. The summed E-state index contributed by atoms with van der Waals surface area (Å²) in [5, 5.41) is 9.49. The van der Waals surface area contributed by atoms with Gasteiger partial charge in [0.15, 0.2) is 0 Å². The monoisotopic (exact) mass is 361 g/mol. The van der Waals surface area contributed by atoms with Gasteiger partial charge in [0.25, 0.3) is 5.56 Å². The van der Waals surface area contributed by atoms with Gasteiger partial charge in [-0.2, -0.15) is 5.10 Å². The first-order chi connectivity index (χ1) is 13.0. The zero-order valence-electron chi connectivity index (χ0n) is 15.1. The summed E-state index contributed by atoms with van der Waals surface area (Å²) in [7, 11) is 0. The third kappa shape index (κ3) is 3.21. The van der Waals surface area contributed by atoms with Gasteiger partial charge in [0.1, 0.15) is 17.9 Å². The van der Waals surface area contributed by atoms with E-state index in [1.54, 1.807) is 12.1 Å². The molecule has 0 saturated carbocycles. The molecule has 4 aromatic rings. The van der Waals surface area contributed by atoms with E-state index in [9.17, 15) is 9.59 Å². The maximum Gasteiger partial charge on any atom is 0.275 e. The minimum absolute atomic E-state index is 0.144. The van der Waals surface area contributed by atoms with E-state index >= 15 is 0 Å². The second-order valence-electron chi connectivity index (χ2n) is 6.57. The number of furan rings is 1. The highest BCUT2D eigenvalue weighted by Gasteiger charge is 2.16. The van der Waals surface area contributed by atoms with Gasteiger partial charge in [-0.15, -0.1) is 0 Å². The summed E-state index contributed by atoms with van der Waals surface area (Å²) in [5.41, 5.74) is 1.21. The van der Waals surface area contributed by atoms with Crippen molar-refractivity contribution >= 4 is 27.6 Å². The smallest absolute Gasteiger partial charge is 0.275 e. The topological polar surface area (TPSA) is 77.1 Å². The zero-order chi connectivity index (χ0) is 19.0. The molecular formula is C21H19N3O3. The number of fused-ring (bicyclic) bond motifs is 2. The van der Waals surface area contributed by atoms with Crippen molar-refractivity contribution in [3.05, 3.63) is 76.4 Å². The molecule has 0 fully saturated rings. The summed E-state index contributed by atoms with van der Waals surface area (Å²) >= 11 is 0. The Bertz CT molecular complexity index is 1170. The van der Waals surface area contributed by atoms with E-state index in [4.69, 9.17) is 4.42 Å². The number of hydrogen-bond donors (Lipinski definition) is 1. The van der Waals surface area contributed by atoms with E-state index in [1.165, 1.54) is 4.68 Å². The second kappa shape index (κ2) is 6.72. The minimum atomic E-state index is -0.317. The summed E-state index contributed by atoms with van der Waals surface area (Å²) in [4.78, 5) is 25.0. The van der Waals surface area contributed by atoms with Gasteiger partial charge in [-0.25, -0.2) is 4.68 Å². The largest absolute Gasteiger partial charge is 0.459 e. The molecule has 0 aliphatic carbocycles. The predicted octanol–water partition coefficient (Wildman–Crippen LogP) is 3.33. The van der Waals surface area contributed by atoms with Crippen LogP contribution in [-0.4, -0.2) is 15.7 Å². The van der Waals surface area contributed by atoms with Crippen LogP contribution in [0.3, 0.4) is 0 Å². The summed E-state index contributed by atoms with van der Waals surface area (Å²) in [6.07, 6.45) is 0. The maximum absolute atomic E-state index is 12.6. The number of carbonyl (C=O) groups is 1. The van der Waals surface area contributed by atoms with Gasteiger partial charge in [0, 0.05) is 10.8 Å². The fraction of sp³-hybridized carbons (Fsp3) is 0.190. The van der Waals surface area contributed by atoms with Crippen molar-refractivity contribution in [2.75, 3.05) is 0 Å². The highest BCUT2D eigenvalue weighted by Crippen LogP contribution is 2.23. The van der Waals surface area contributed by atoms with Crippen molar-refractivity contribution in [1.29, 1.82) is 0 Å². The van der Waals surface area contributed by atoms with E-state index in [1.807, 2.05) is 56.3 Å². The second-order valence-corrected chi connectivity index (χ2v) is 6.57. The molecule has 2 aromatic carbocycles. The Morgan fingerprint density at radius 3 is 2.63 bits per heavy atom. The Hall–Kier alpha value is -3.41. The van der Waals surface area contributed by atoms with Crippen LogP contribution in [0, 0.1) is 6.92 Å². The lowest BCUT2D eigenvalue weighted by molar-refractivity contribution is -0.122. The average molecular weight is 361 g/mol. The van der Waals surface area contributed by atoms with Gasteiger partial charge in [-0.3, -0.25) is 9.59 Å². The molecule has 136 valence electrons. The molecule has 0 aliphatic heterocycles. The number of rotatable bonds is 4. The number of carbonyl (C=O) groups excluding carboxylic acids is 1. The Balaban J connectivity index is 1.55. The van der Waals surface area contributed by atoms with Crippen molar-refractivity contribution in [2.45, 2.75) is 26.4 Å². The third-order valence-corrected chi connectivity index (χ3v) is 4.59. The Morgan fingerprint density at radius 1 is 1.15 bits per heavy atom. The van der Waals surface area contributed by atoms with Gasteiger partial charge in [0.05, 0.1) is 17.1 Å². The van der Waals surface area contributed by atoms with Crippen LogP contribution >= 0.6 is 0 Å². The lowest BCUT2D eigenvalue weighted by atomic mass is 10.1. The van der Waals surface area contributed by atoms with Crippen LogP contribution < -0.4 is 10.9 Å². The number of aryl methyl sites for hydroxylation is 1. The van der Waals surface area contributed by atoms with Crippen LogP contribution in [0.4, 0.5) is 0 Å². The standard InChI is InChI=1S/C21H19N3O3/c1-13-16-8-4-5-9-17(16)21(26)24(23-13)12-20(25)22-14(2)19-11-15-7-3-6-10-18(15)27-19/h3-11,14H,12H2,1-2H3,(H,22,25). The Labute approximate surface area is 155 Å². The van der Waals surface area contributed by atoms with Crippen LogP contribution in [0.1, 0.15) is 24.4 Å². The highest BCUT2D eigenvalue weighted by atomic mass is 16.3. The maximum atomic E-state index is 12.6. The molecule has 6 nitrogen and oxygen atoms in total. The van der Waals surface area contributed by atoms with E-state index in [0.717, 1.165) is 16.4 Å². The van der Waals surface area contributed by atoms with Crippen LogP contribution in [0.25, 0.3) is 21.7 Å². The van der Waals surface area contributed by atoms with E-state index in [2.05, 4.69) is 10.4 Å². The third-order valence-electron chi connectivity index (χ3n) is 4.59. The van der Waals surface area contributed by atoms with Crippen molar-refractivity contribution in [2.24, 2.45) is 0 Å². The Morgan fingerprint density at radius 2 is 1.85 bits per heavy atom. The summed E-state index contributed by atoms with van der Waals surface area (Å²) in [6.45, 7) is 3.53.